The van der Waals surface area contributed by atoms with Gasteiger partial charge in [0, 0.05) is 0 Å². The SMILES string of the molecule is CCCCOc1ccc(CC(C(=O)O)C(=O)O)cc1. The monoisotopic (exact) mass is 266 g/mol. The molecule has 0 heterocycles. The first-order valence-corrected chi connectivity index (χ1v) is 6.22. The molecule has 0 saturated carbocycles. The quantitative estimate of drug-likeness (QED) is 0.556. The number of carboxylic acid groups (broad SMARTS) is 2. The van der Waals surface area contributed by atoms with Gasteiger partial charge in [0.2, 0.25) is 0 Å². The smallest absolute Gasteiger partial charge is 0.318 e. The summed E-state index contributed by atoms with van der Waals surface area (Å²) in [6, 6.07) is 6.85. The summed E-state index contributed by atoms with van der Waals surface area (Å²) in [5.74, 6) is -3.35. The van der Waals surface area contributed by atoms with Gasteiger partial charge in [0.1, 0.15) is 5.75 Å². The highest BCUT2D eigenvalue weighted by Crippen LogP contribution is 2.16. The second-order valence-corrected chi connectivity index (χ2v) is 4.28. The molecule has 19 heavy (non-hydrogen) atoms. The van der Waals surface area contributed by atoms with E-state index in [2.05, 4.69) is 6.92 Å². The molecule has 0 saturated heterocycles. The van der Waals surface area contributed by atoms with Crippen LogP contribution in [0, 0.1) is 5.92 Å². The van der Waals surface area contributed by atoms with E-state index in [1.165, 1.54) is 0 Å². The van der Waals surface area contributed by atoms with Gasteiger partial charge in [0.15, 0.2) is 5.92 Å². The third-order valence-corrected chi connectivity index (χ3v) is 2.73. The Kier molecular flexibility index (Phi) is 5.85. The van der Waals surface area contributed by atoms with E-state index in [1.807, 2.05) is 0 Å². The van der Waals surface area contributed by atoms with E-state index in [-0.39, 0.29) is 6.42 Å². The van der Waals surface area contributed by atoms with Crippen molar-refractivity contribution in [2.75, 3.05) is 6.61 Å². The molecule has 0 radical (unpaired) electrons. The predicted molar refractivity (Wildman–Crippen MR) is 69.3 cm³/mol. The lowest BCUT2D eigenvalue weighted by Gasteiger charge is -2.09. The molecule has 0 unspecified atom stereocenters. The number of carbonyl (C=O) groups is 2. The topological polar surface area (TPSA) is 83.8 Å². The molecule has 5 heteroatoms. The first-order valence-electron chi connectivity index (χ1n) is 6.22. The van der Waals surface area contributed by atoms with Crippen LogP contribution in [0.1, 0.15) is 25.3 Å². The van der Waals surface area contributed by atoms with Crippen molar-refractivity contribution in [2.24, 2.45) is 5.92 Å². The van der Waals surface area contributed by atoms with E-state index >= 15 is 0 Å². The van der Waals surface area contributed by atoms with Crippen LogP contribution in [0.2, 0.25) is 0 Å². The van der Waals surface area contributed by atoms with Gasteiger partial charge in [-0.25, -0.2) is 0 Å². The molecule has 0 spiro atoms. The third kappa shape index (κ3) is 4.99. The zero-order valence-corrected chi connectivity index (χ0v) is 10.8. The molecule has 1 rings (SSSR count). The van der Waals surface area contributed by atoms with Gasteiger partial charge in [-0.1, -0.05) is 25.5 Å². The minimum Gasteiger partial charge on any atom is -0.494 e. The van der Waals surface area contributed by atoms with Crippen molar-refractivity contribution in [1.29, 1.82) is 0 Å². The van der Waals surface area contributed by atoms with Crippen LogP contribution < -0.4 is 4.74 Å². The van der Waals surface area contributed by atoms with E-state index in [9.17, 15) is 9.59 Å². The van der Waals surface area contributed by atoms with Crippen LogP contribution in [0.25, 0.3) is 0 Å². The Morgan fingerprint density at radius 3 is 2.21 bits per heavy atom. The lowest BCUT2D eigenvalue weighted by molar-refractivity contribution is -0.154. The van der Waals surface area contributed by atoms with Gasteiger partial charge in [-0.3, -0.25) is 9.59 Å². The van der Waals surface area contributed by atoms with Crippen LogP contribution in [0.4, 0.5) is 0 Å². The van der Waals surface area contributed by atoms with Crippen molar-refractivity contribution < 1.29 is 24.5 Å². The van der Waals surface area contributed by atoms with Crippen LogP contribution >= 0.6 is 0 Å². The molecule has 0 atom stereocenters. The maximum Gasteiger partial charge on any atom is 0.318 e. The average Bonchev–Trinajstić information content (AvgIpc) is 2.37. The number of unbranched alkanes of at least 4 members (excludes halogenated alkanes) is 1. The zero-order valence-electron chi connectivity index (χ0n) is 10.8. The minimum atomic E-state index is -1.41. The Morgan fingerprint density at radius 1 is 1.16 bits per heavy atom. The van der Waals surface area contributed by atoms with Gasteiger partial charge in [-0.05, 0) is 30.5 Å². The number of hydrogen-bond acceptors (Lipinski definition) is 3. The van der Waals surface area contributed by atoms with Gasteiger partial charge < -0.3 is 14.9 Å². The molecule has 1 aromatic carbocycles. The minimum absolute atomic E-state index is 0.0279. The van der Waals surface area contributed by atoms with E-state index in [4.69, 9.17) is 14.9 Å². The van der Waals surface area contributed by atoms with Gasteiger partial charge in [0.05, 0.1) is 6.61 Å². The van der Waals surface area contributed by atoms with Gasteiger partial charge in [-0.2, -0.15) is 0 Å². The van der Waals surface area contributed by atoms with Crippen LogP contribution in [0.3, 0.4) is 0 Å². The van der Waals surface area contributed by atoms with Crippen LogP contribution in [-0.2, 0) is 16.0 Å². The summed E-state index contributed by atoms with van der Waals surface area (Å²) in [7, 11) is 0. The van der Waals surface area contributed by atoms with Crippen LogP contribution in [0.15, 0.2) is 24.3 Å². The van der Waals surface area contributed by atoms with E-state index < -0.39 is 17.9 Å². The summed E-state index contributed by atoms with van der Waals surface area (Å²) < 4.78 is 5.47. The molecule has 2 N–H and O–H groups in total. The van der Waals surface area contributed by atoms with Crippen molar-refractivity contribution >= 4 is 11.9 Å². The third-order valence-electron chi connectivity index (χ3n) is 2.73. The summed E-state index contributed by atoms with van der Waals surface area (Å²) in [6.45, 7) is 2.72. The number of ether oxygens (including phenoxy) is 1. The average molecular weight is 266 g/mol. The molecule has 0 aliphatic carbocycles. The van der Waals surface area contributed by atoms with Crippen LogP contribution in [0.5, 0.6) is 5.75 Å². The standard InChI is InChI=1S/C14H18O5/c1-2-3-8-19-11-6-4-10(5-7-11)9-12(13(15)16)14(17)18/h4-7,12H,2-3,8-9H2,1H3,(H,15,16)(H,17,18). The molecule has 0 bridgehead atoms. The van der Waals surface area contributed by atoms with Gasteiger partial charge >= 0.3 is 11.9 Å². The van der Waals surface area contributed by atoms with Crippen molar-refractivity contribution in [3.8, 4) is 5.75 Å². The molecule has 0 aromatic heterocycles. The number of aliphatic carboxylic acids is 2. The van der Waals surface area contributed by atoms with Crippen molar-refractivity contribution in [1.82, 2.24) is 0 Å². The molecular formula is C14H18O5. The van der Waals surface area contributed by atoms with E-state index in [0.29, 0.717) is 17.9 Å². The zero-order chi connectivity index (χ0) is 14.3. The van der Waals surface area contributed by atoms with Gasteiger partial charge in [-0.15, -0.1) is 0 Å². The molecular weight excluding hydrogens is 248 g/mol. The number of hydrogen-bond donors (Lipinski definition) is 2. The Hall–Kier alpha value is -2.04. The largest absolute Gasteiger partial charge is 0.494 e. The summed E-state index contributed by atoms with van der Waals surface area (Å²) >= 11 is 0. The summed E-state index contributed by atoms with van der Waals surface area (Å²) in [5.41, 5.74) is 0.664. The molecule has 0 aliphatic heterocycles. The summed E-state index contributed by atoms with van der Waals surface area (Å²) in [6.07, 6.45) is 2.00. The molecule has 0 aliphatic rings. The Morgan fingerprint density at radius 2 is 1.74 bits per heavy atom. The molecule has 104 valence electrons. The Balaban J connectivity index is 2.60. The van der Waals surface area contributed by atoms with Crippen molar-refractivity contribution in [3.05, 3.63) is 29.8 Å². The molecule has 0 amide bonds. The Bertz CT molecular complexity index is 410. The fourth-order valence-corrected chi connectivity index (χ4v) is 1.57. The first-order chi connectivity index (χ1) is 9.04. The van der Waals surface area contributed by atoms with Crippen molar-refractivity contribution in [3.63, 3.8) is 0 Å². The number of rotatable bonds is 8. The lowest BCUT2D eigenvalue weighted by Crippen LogP contribution is -2.25. The number of benzene rings is 1. The number of carboxylic acids is 2. The Labute approximate surface area is 111 Å². The summed E-state index contributed by atoms with van der Waals surface area (Å²) in [4.78, 5) is 21.6. The maximum atomic E-state index is 10.8. The van der Waals surface area contributed by atoms with Crippen molar-refractivity contribution in [2.45, 2.75) is 26.2 Å². The highest BCUT2D eigenvalue weighted by atomic mass is 16.5. The van der Waals surface area contributed by atoms with E-state index in [0.717, 1.165) is 12.8 Å². The second-order valence-electron chi connectivity index (χ2n) is 4.28. The predicted octanol–water partition coefficient (Wildman–Crippen LogP) is 2.19. The molecule has 5 nitrogen and oxygen atoms in total. The lowest BCUT2D eigenvalue weighted by atomic mass is 10.00. The highest BCUT2D eigenvalue weighted by Gasteiger charge is 2.25. The van der Waals surface area contributed by atoms with E-state index in [1.54, 1.807) is 24.3 Å². The normalized spacial score (nSPS) is 10.4. The molecule has 1 aromatic rings. The maximum absolute atomic E-state index is 10.8. The first kappa shape index (κ1) is 15.0. The fourth-order valence-electron chi connectivity index (χ4n) is 1.57. The fraction of sp³-hybridized carbons (Fsp3) is 0.429. The van der Waals surface area contributed by atoms with Crippen LogP contribution in [-0.4, -0.2) is 28.8 Å². The highest BCUT2D eigenvalue weighted by molar-refractivity contribution is 5.93. The van der Waals surface area contributed by atoms with Gasteiger partial charge in [0.25, 0.3) is 0 Å². The molecule has 0 fully saturated rings. The second kappa shape index (κ2) is 7.41. The summed E-state index contributed by atoms with van der Waals surface area (Å²) in [5, 5.41) is 17.6.